The van der Waals surface area contributed by atoms with Crippen molar-refractivity contribution in [3.63, 3.8) is 0 Å². The fourth-order valence-electron chi connectivity index (χ4n) is 1.78. The van der Waals surface area contributed by atoms with Gasteiger partial charge in [0, 0.05) is 0 Å². The lowest BCUT2D eigenvalue weighted by atomic mass is 9.72. The first-order valence-corrected chi connectivity index (χ1v) is 5.67. The number of esters is 1. The van der Waals surface area contributed by atoms with Crippen LogP contribution < -0.4 is 0 Å². The summed E-state index contributed by atoms with van der Waals surface area (Å²) in [7, 11) is 1.65. The van der Waals surface area contributed by atoms with Gasteiger partial charge in [0.15, 0.2) is 5.54 Å². The molecule has 1 saturated carbocycles. The highest BCUT2D eigenvalue weighted by atomic mass is 16.6. The number of ketones is 2. The fraction of sp³-hybridized carbons (Fsp3) is 0.750. The van der Waals surface area contributed by atoms with E-state index in [1.165, 1.54) is 0 Å². The van der Waals surface area contributed by atoms with Crippen LogP contribution in [0.1, 0.15) is 34.1 Å². The highest BCUT2D eigenvalue weighted by molar-refractivity contribution is 6.53. The molecule has 1 fully saturated rings. The maximum absolute atomic E-state index is 12.1. The molecule has 0 N–H and O–H groups in total. The summed E-state index contributed by atoms with van der Waals surface area (Å²) >= 11 is 0. The molecule has 0 aromatic heterocycles. The molecule has 0 aromatic carbocycles. The first-order chi connectivity index (χ1) is 7.65. The summed E-state index contributed by atoms with van der Waals surface area (Å²) in [5.41, 5.74) is -2.06. The minimum absolute atomic E-state index is 0.0783. The maximum atomic E-state index is 12.1. The van der Waals surface area contributed by atoms with Gasteiger partial charge in [-0.15, -0.1) is 0 Å². The van der Waals surface area contributed by atoms with E-state index in [1.54, 1.807) is 32.7 Å². The zero-order valence-electron chi connectivity index (χ0n) is 11.0. The second-order valence-corrected chi connectivity index (χ2v) is 5.31. The van der Waals surface area contributed by atoms with Crippen LogP contribution in [0.15, 0.2) is 0 Å². The molecule has 1 aliphatic carbocycles. The molecule has 17 heavy (non-hydrogen) atoms. The summed E-state index contributed by atoms with van der Waals surface area (Å²) in [5.74, 6) is -1.79. The van der Waals surface area contributed by atoms with Crippen molar-refractivity contribution in [1.82, 2.24) is 4.90 Å². The Kier molecular flexibility index (Phi) is 3.43. The number of hydrogen-bond donors (Lipinski definition) is 0. The Morgan fingerprint density at radius 3 is 2.24 bits per heavy atom. The molecule has 1 rings (SSSR count). The predicted molar refractivity (Wildman–Crippen MR) is 61.5 cm³/mol. The highest BCUT2D eigenvalue weighted by Crippen LogP contribution is 2.33. The molecule has 5 heteroatoms. The first kappa shape index (κ1) is 13.8. The van der Waals surface area contributed by atoms with Crippen LogP contribution in [0, 0.1) is 0 Å². The van der Waals surface area contributed by atoms with Gasteiger partial charge in [-0.3, -0.25) is 14.5 Å². The zero-order chi connectivity index (χ0) is 13.4. The molecular weight excluding hydrogens is 222 g/mol. The second-order valence-electron chi connectivity index (χ2n) is 5.31. The van der Waals surface area contributed by atoms with E-state index in [4.69, 9.17) is 4.74 Å². The quantitative estimate of drug-likeness (QED) is 0.410. The number of nitrogens with zero attached hydrogens (tertiary/aromatic N) is 1. The van der Waals surface area contributed by atoms with E-state index >= 15 is 0 Å². The van der Waals surface area contributed by atoms with Gasteiger partial charge in [-0.1, -0.05) is 6.92 Å². The number of carbonyl (C=O) groups excluding carboxylic acids is 3. The van der Waals surface area contributed by atoms with Gasteiger partial charge in [-0.25, -0.2) is 4.79 Å². The standard InChI is InChI=1S/C12H19NO4/c1-6-13(5)12(7-8(14)9(12)15)10(16)17-11(2,3)4/h6-7H2,1-5H3/t12-/m0/s1. The molecular formula is C12H19NO4. The van der Waals surface area contributed by atoms with E-state index < -0.39 is 28.7 Å². The molecule has 0 heterocycles. The number of rotatable bonds is 3. The van der Waals surface area contributed by atoms with Crippen molar-refractivity contribution in [3.8, 4) is 0 Å². The molecule has 5 nitrogen and oxygen atoms in total. The average molecular weight is 241 g/mol. The topological polar surface area (TPSA) is 63.7 Å². The highest BCUT2D eigenvalue weighted by Gasteiger charge is 2.62. The molecule has 0 spiro atoms. The van der Waals surface area contributed by atoms with Crippen LogP contribution in [-0.4, -0.2) is 47.2 Å². The Bertz CT molecular complexity index is 369. The molecule has 1 aliphatic rings. The maximum Gasteiger partial charge on any atom is 0.335 e. The number of carbonyl (C=O) groups is 3. The van der Waals surface area contributed by atoms with E-state index in [0.29, 0.717) is 6.54 Å². The van der Waals surface area contributed by atoms with E-state index in [1.807, 2.05) is 6.92 Å². The lowest BCUT2D eigenvalue weighted by molar-refractivity contribution is -0.181. The third-order valence-electron chi connectivity index (χ3n) is 2.91. The molecule has 0 unspecified atom stereocenters. The van der Waals surface area contributed by atoms with Gasteiger partial charge in [-0.05, 0) is 34.4 Å². The summed E-state index contributed by atoms with van der Waals surface area (Å²) in [6.07, 6.45) is -0.0783. The van der Waals surface area contributed by atoms with Crippen molar-refractivity contribution >= 4 is 17.5 Å². The van der Waals surface area contributed by atoms with Crippen LogP contribution in [0.2, 0.25) is 0 Å². The number of hydrogen-bond acceptors (Lipinski definition) is 5. The van der Waals surface area contributed by atoms with Crippen LogP contribution >= 0.6 is 0 Å². The Morgan fingerprint density at radius 1 is 1.41 bits per heavy atom. The Morgan fingerprint density at radius 2 is 1.94 bits per heavy atom. The SMILES string of the molecule is CCN(C)[C@@]1(C(=O)OC(C)(C)C)CC(=O)C1=O. The van der Waals surface area contributed by atoms with Gasteiger partial charge in [-0.2, -0.15) is 0 Å². The van der Waals surface area contributed by atoms with Crippen molar-refractivity contribution in [2.24, 2.45) is 0 Å². The van der Waals surface area contributed by atoms with Gasteiger partial charge in [0.2, 0.25) is 11.6 Å². The molecule has 0 aliphatic heterocycles. The average Bonchev–Trinajstić information content (AvgIpc) is 2.21. The summed E-state index contributed by atoms with van der Waals surface area (Å²) in [5, 5.41) is 0. The number of ether oxygens (including phenoxy) is 1. The number of likely N-dealkylation sites (N-methyl/N-ethyl adjacent to an activating group) is 1. The van der Waals surface area contributed by atoms with E-state index in [2.05, 4.69) is 0 Å². The summed E-state index contributed by atoms with van der Waals surface area (Å²) in [6, 6.07) is 0. The monoisotopic (exact) mass is 241 g/mol. The van der Waals surface area contributed by atoms with Crippen LogP contribution in [0.25, 0.3) is 0 Å². The largest absolute Gasteiger partial charge is 0.458 e. The molecule has 0 bridgehead atoms. The van der Waals surface area contributed by atoms with Crippen molar-refractivity contribution in [2.75, 3.05) is 13.6 Å². The summed E-state index contributed by atoms with van der Waals surface area (Å²) < 4.78 is 5.23. The predicted octanol–water partition coefficient (Wildman–Crippen LogP) is 0.560. The van der Waals surface area contributed by atoms with Crippen molar-refractivity contribution in [2.45, 2.75) is 45.3 Å². The van der Waals surface area contributed by atoms with Crippen molar-refractivity contribution in [3.05, 3.63) is 0 Å². The Balaban J connectivity index is 2.98. The van der Waals surface area contributed by atoms with Gasteiger partial charge < -0.3 is 4.74 Å². The van der Waals surface area contributed by atoms with Gasteiger partial charge in [0.25, 0.3) is 0 Å². The van der Waals surface area contributed by atoms with E-state index in [0.717, 1.165) is 0 Å². The van der Waals surface area contributed by atoms with Gasteiger partial charge in [0.1, 0.15) is 5.60 Å². The molecule has 1 atom stereocenters. The smallest absolute Gasteiger partial charge is 0.335 e. The third kappa shape index (κ3) is 2.24. The van der Waals surface area contributed by atoms with E-state index in [9.17, 15) is 14.4 Å². The third-order valence-corrected chi connectivity index (χ3v) is 2.91. The Labute approximate surface area is 101 Å². The van der Waals surface area contributed by atoms with Crippen molar-refractivity contribution in [1.29, 1.82) is 0 Å². The molecule has 0 saturated heterocycles. The zero-order valence-corrected chi connectivity index (χ0v) is 11.0. The number of Topliss-reactive ketones (excluding diaryl/α,β-unsaturated/α-hetero) is 2. The minimum Gasteiger partial charge on any atom is -0.458 e. The summed E-state index contributed by atoms with van der Waals surface area (Å²) in [4.78, 5) is 36.5. The van der Waals surface area contributed by atoms with Gasteiger partial charge in [0.05, 0.1) is 6.42 Å². The van der Waals surface area contributed by atoms with Crippen LogP contribution in [0.5, 0.6) is 0 Å². The van der Waals surface area contributed by atoms with Crippen LogP contribution in [-0.2, 0) is 19.1 Å². The first-order valence-electron chi connectivity index (χ1n) is 5.67. The fourth-order valence-corrected chi connectivity index (χ4v) is 1.78. The lowest BCUT2D eigenvalue weighted by Gasteiger charge is -2.43. The second kappa shape index (κ2) is 4.22. The van der Waals surface area contributed by atoms with Crippen LogP contribution in [0.4, 0.5) is 0 Å². The normalized spacial score (nSPS) is 24.8. The molecule has 0 amide bonds. The van der Waals surface area contributed by atoms with Gasteiger partial charge >= 0.3 is 5.97 Å². The van der Waals surface area contributed by atoms with Crippen LogP contribution in [0.3, 0.4) is 0 Å². The minimum atomic E-state index is -1.39. The summed E-state index contributed by atoms with van der Waals surface area (Å²) in [6.45, 7) is 7.51. The lowest BCUT2D eigenvalue weighted by Crippen LogP contribution is -2.70. The molecule has 0 aromatic rings. The molecule has 0 radical (unpaired) electrons. The Hall–Kier alpha value is -1.23. The van der Waals surface area contributed by atoms with Crippen molar-refractivity contribution < 1.29 is 19.1 Å². The van der Waals surface area contributed by atoms with E-state index in [-0.39, 0.29) is 6.42 Å². The molecule has 96 valence electrons.